The van der Waals surface area contributed by atoms with E-state index >= 15 is 0 Å². The second-order valence-electron chi connectivity index (χ2n) is 3.09. The van der Waals surface area contributed by atoms with Crippen LogP contribution in [-0.2, 0) is 6.42 Å². The molecule has 0 saturated heterocycles. The second-order valence-corrected chi connectivity index (χ2v) is 3.09. The molecule has 1 unspecified atom stereocenters. The first kappa shape index (κ1) is 7.11. The van der Waals surface area contributed by atoms with Crippen LogP contribution in [0.1, 0.15) is 18.1 Å². The van der Waals surface area contributed by atoms with E-state index in [4.69, 9.17) is 5.26 Å². The Hall–Kier alpha value is -1.56. The molecule has 1 aliphatic rings. The van der Waals surface area contributed by atoms with Crippen molar-refractivity contribution in [2.45, 2.75) is 19.4 Å². The summed E-state index contributed by atoms with van der Waals surface area (Å²) in [5.41, 5.74) is 1.80. The Morgan fingerprint density at radius 3 is 3.33 bits per heavy atom. The normalized spacial score (nSPS) is 19.5. The van der Waals surface area contributed by atoms with E-state index in [2.05, 4.69) is 23.3 Å². The fourth-order valence-corrected chi connectivity index (χ4v) is 1.47. The number of hydrogen-bond donors (Lipinski definition) is 1. The molecule has 3 heteroatoms. The van der Waals surface area contributed by atoms with Gasteiger partial charge in [-0.25, -0.2) is 4.98 Å². The summed E-state index contributed by atoms with van der Waals surface area (Å²) in [5.74, 6) is 0.932. The van der Waals surface area contributed by atoms with Gasteiger partial charge in [0.15, 0.2) is 0 Å². The van der Waals surface area contributed by atoms with Crippen molar-refractivity contribution in [1.82, 2.24) is 4.98 Å². The molecule has 0 aliphatic carbocycles. The molecule has 1 aromatic heterocycles. The van der Waals surface area contributed by atoms with E-state index in [1.54, 1.807) is 6.20 Å². The molecule has 3 nitrogen and oxygen atoms in total. The number of aromatic nitrogens is 1. The molecule has 0 bridgehead atoms. The maximum absolute atomic E-state index is 8.62. The first-order valence-corrected chi connectivity index (χ1v) is 3.95. The van der Waals surface area contributed by atoms with Crippen LogP contribution in [0.5, 0.6) is 0 Å². The van der Waals surface area contributed by atoms with Gasteiger partial charge in [0.25, 0.3) is 0 Å². The number of nitrogens with zero attached hydrogens (tertiary/aromatic N) is 2. The second kappa shape index (κ2) is 2.49. The van der Waals surface area contributed by atoms with Gasteiger partial charge in [0.2, 0.25) is 0 Å². The van der Waals surface area contributed by atoms with E-state index in [1.165, 1.54) is 0 Å². The molecule has 0 spiro atoms. The zero-order valence-corrected chi connectivity index (χ0v) is 6.83. The Balaban J connectivity index is 2.44. The lowest BCUT2D eigenvalue weighted by atomic mass is 10.1. The van der Waals surface area contributed by atoms with Crippen LogP contribution in [0.3, 0.4) is 0 Å². The number of nitriles is 1. The molecule has 1 N–H and O–H groups in total. The lowest BCUT2D eigenvalue weighted by molar-refractivity contribution is 0.838. The first-order chi connectivity index (χ1) is 5.79. The molecule has 1 atom stereocenters. The van der Waals surface area contributed by atoms with Gasteiger partial charge in [0, 0.05) is 12.2 Å². The van der Waals surface area contributed by atoms with Crippen molar-refractivity contribution in [3.63, 3.8) is 0 Å². The molecule has 0 saturated carbocycles. The molecule has 1 aliphatic heterocycles. The van der Waals surface area contributed by atoms with Gasteiger partial charge >= 0.3 is 0 Å². The van der Waals surface area contributed by atoms with Gasteiger partial charge in [-0.2, -0.15) is 5.26 Å². The number of fused-ring (bicyclic) bond motifs is 1. The third kappa shape index (κ3) is 1.02. The fraction of sp³-hybridized carbons (Fsp3) is 0.333. The summed E-state index contributed by atoms with van der Waals surface area (Å²) in [6.07, 6.45) is 2.57. The van der Waals surface area contributed by atoms with E-state index < -0.39 is 0 Å². The minimum absolute atomic E-state index is 0.446. The highest BCUT2D eigenvalue weighted by atomic mass is 15.0. The van der Waals surface area contributed by atoms with Crippen molar-refractivity contribution in [1.29, 1.82) is 5.26 Å². The number of pyridine rings is 1. The van der Waals surface area contributed by atoms with E-state index in [0.717, 1.165) is 17.8 Å². The predicted molar refractivity (Wildman–Crippen MR) is 45.7 cm³/mol. The fourth-order valence-electron chi connectivity index (χ4n) is 1.47. The Morgan fingerprint density at radius 1 is 1.75 bits per heavy atom. The van der Waals surface area contributed by atoms with E-state index in [0.29, 0.717) is 11.6 Å². The molecule has 0 aromatic carbocycles. The van der Waals surface area contributed by atoms with Crippen molar-refractivity contribution in [2.75, 3.05) is 5.32 Å². The standard InChI is InChI=1S/C9H9N3/c1-6-2-8-3-7(4-10)5-11-9(8)12-6/h3,5-6H,2H2,1H3,(H,11,12). The van der Waals surface area contributed by atoms with Crippen LogP contribution in [0.4, 0.5) is 5.82 Å². The van der Waals surface area contributed by atoms with Gasteiger partial charge in [0.1, 0.15) is 11.9 Å². The highest BCUT2D eigenvalue weighted by Crippen LogP contribution is 2.23. The lowest BCUT2D eigenvalue weighted by Crippen LogP contribution is -2.08. The van der Waals surface area contributed by atoms with E-state index in [9.17, 15) is 0 Å². The molecular weight excluding hydrogens is 150 g/mol. The largest absolute Gasteiger partial charge is 0.367 e. The van der Waals surface area contributed by atoms with Gasteiger partial charge < -0.3 is 5.32 Å². The van der Waals surface area contributed by atoms with Crippen molar-refractivity contribution in [3.8, 4) is 6.07 Å². The molecular formula is C9H9N3. The van der Waals surface area contributed by atoms with Crippen LogP contribution >= 0.6 is 0 Å². The Kier molecular flexibility index (Phi) is 1.47. The Morgan fingerprint density at radius 2 is 2.58 bits per heavy atom. The summed E-state index contributed by atoms with van der Waals surface area (Å²) in [6, 6.07) is 4.43. The molecule has 0 fully saturated rings. The topological polar surface area (TPSA) is 48.7 Å². The highest BCUT2D eigenvalue weighted by molar-refractivity contribution is 5.52. The molecule has 0 radical (unpaired) electrons. The summed E-state index contributed by atoms with van der Waals surface area (Å²) in [6.45, 7) is 2.10. The SMILES string of the molecule is CC1Cc2cc(C#N)cnc2N1. The maximum Gasteiger partial charge on any atom is 0.129 e. The lowest BCUT2D eigenvalue weighted by Gasteiger charge is -1.99. The predicted octanol–water partition coefficient (Wildman–Crippen LogP) is 1.31. The van der Waals surface area contributed by atoms with E-state index in [-0.39, 0.29) is 0 Å². The molecule has 0 amide bonds. The van der Waals surface area contributed by atoms with Crippen LogP contribution in [0.15, 0.2) is 12.3 Å². The summed E-state index contributed by atoms with van der Waals surface area (Å²) in [7, 11) is 0. The first-order valence-electron chi connectivity index (χ1n) is 3.95. The molecule has 60 valence electrons. The average molecular weight is 159 g/mol. The van der Waals surface area contributed by atoms with Gasteiger partial charge in [-0.05, 0) is 25.0 Å². The van der Waals surface area contributed by atoms with Crippen LogP contribution in [0.2, 0.25) is 0 Å². The molecule has 12 heavy (non-hydrogen) atoms. The maximum atomic E-state index is 8.62. The summed E-state index contributed by atoms with van der Waals surface area (Å²) >= 11 is 0. The summed E-state index contributed by atoms with van der Waals surface area (Å²) < 4.78 is 0. The number of anilines is 1. The van der Waals surface area contributed by atoms with Crippen molar-refractivity contribution >= 4 is 5.82 Å². The average Bonchev–Trinajstić information content (AvgIpc) is 2.43. The number of rotatable bonds is 0. The van der Waals surface area contributed by atoms with Crippen molar-refractivity contribution in [3.05, 3.63) is 23.4 Å². The highest BCUT2D eigenvalue weighted by Gasteiger charge is 2.17. The third-order valence-electron chi connectivity index (χ3n) is 2.00. The van der Waals surface area contributed by atoms with Crippen LogP contribution in [0.25, 0.3) is 0 Å². The smallest absolute Gasteiger partial charge is 0.129 e. The van der Waals surface area contributed by atoms with Gasteiger partial charge in [0.05, 0.1) is 5.56 Å². The van der Waals surface area contributed by atoms with Crippen LogP contribution in [0, 0.1) is 11.3 Å². The number of nitrogens with one attached hydrogen (secondary N) is 1. The van der Waals surface area contributed by atoms with E-state index in [1.807, 2.05) is 6.07 Å². The quantitative estimate of drug-likeness (QED) is 0.620. The molecule has 1 aromatic rings. The summed E-state index contributed by atoms with van der Waals surface area (Å²) in [5, 5.41) is 11.9. The molecule has 2 heterocycles. The third-order valence-corrected chi connectivity index (χ3v) is 2.00. The van der Waals surface area contributed by atoms with Crippen LogP contribution in [-0.4, -0.2) is 11.0 Å². The van der Waals surface area contributed by atoms with Crippen LogP contribution < -0.4 is 5.32 Å². The minimum Gasteiger partial charge on any atom is -0.367 e. The zero-order valence-electron chi connectivity index (χ0n) is 6.83. The van der Waals surface area contributed by atoms with Gasteiger partial charge in [-0.15, -0.1) is 0 Å². The monoisotopic (exact) mass is 159 g/mol. The van der Waals surface area contributed by atoms with Gasteiger partial charge in [-0.3, -0.25) is 0 Å². The Labute approximate surface area is 71.0 Å². The van der Waals surface area contributed by atoms with Crippen molar-refractivity contribution < 1.29 is 0 Å². The Bertz CT molecular complexity index is 351. The van der Waals surface area contributed by atoms with Crippen molar-refractivity contribution in [2.24, 2.45) is 0 Å². The minimum atomic E-state index is 0.446. The zero-order chi connectivity index (χ0) is 8.55. The summed E-state index contributed by atoms with van der Waals surface area (Å²) in [4.78, 5) is 4.15. The van der Waals surface area contributed by atoms with Gasteiger partial charge in [-0.1, -0.05) is 0 Å². The number of hydrogen-bond acceptors (Lipinski definition) is 3. The molecule has 2 rings (SSSR count).